The van der Waals surface area contributed by atoms with Crippen LogP contribution in [0.2, 0.25) is 0 Å². The highest BCUT2D eigenvalue weighted by Crippen LogP contribution is 2.38. The molecule has 1 N–H and O–H groups in total. The molecule has 1 fully saturated rings. The van der Waals surface area contributed by atoms with Crippen LogP contribution in [0.5, 0.6) is 0 Å². The summed E-state index contributed by atoms with van der Waals surface area (Å²) in [4.78, 5) is 19.0. The van der Waals surface area contributed by atoms with E-state index in [0.29, 0.717) is 11.6 Å². The largest absolute Gasteiger partial charge is 0.357 e. The first-order valence-electron chi connectivity index (χ1n) is 11.9. The van der Waals surface area contributed by atoms with Crippen LogP contribution in [0.3, 0.4) is 0 Å². The van der Waals surface area contributed by atoms with Gasteiger partial charge in [0, 0.05) is 23.3 Å². The van der Waals surface area contributed by atoms with Crippen molar-refractivity contribution >= 4 is 16.6 Å². The van der Waals surface area contributed by atoms with Crippen molar-refractivity contribution in [2.45, 2.75) is 57.5 Å². The molecule has 2 aromatic heterocycles. The Balaban J connectivity index is 1.57. The molecule has 33 heavy (non-hydrogen) atoms. The summed E-state index contributed by atoms with van der Waals surface area (Å²) < 4.78 is 1.99. The number of rotatable bonds is 4. The molecule has 1 aliphatic heterocycles. The van der Waals surface area contributed by atoms with Crippen molar-refractivity contribution in [3.8, 4) is 0 Å². The summed E-state index contributed by atoms with van der Waals surface area (Å²) in [5.41, 5.74) is 5.06. The second-order valence-corrected chi connectivity index (χ2v) is 9.39. The summed E-state index contributed by atoms with van der Waals surface area (Å²) in [6, 6.07) is 16.7. The van der Waals surface area contributed by atoms with Crippen LogP contribution in [0.15, 0.2) is 53.3 Å². The molecule has 2 aliphatic rings. The molecule has 6 rings (SSSR count). The lowest BCUT2D eigenvalue weighted by Crippen LogP contribution is -2.38. The number of aryl methyl sites for hydroxylation is 2. The summed E-state index contributed by atoms with van der Waals surface area (Å²) in [7, 11) is 0. The highest BCUT2D eigenvalue weighted by molar-refractivity contribution is 5.80. The summed E-state index contributed by atoms with van der Waals surface area (Å²) in [6.07, 6.45) is 6.61. The topological polar surface area (TPSA) is 79.7 Å². The maximum Gasteiger partial charge on any atom is 0.254 e. The van der Waals surface area contributed by atoms with Gasteiger partial charge >= 0.3 is 0 Å². The van der Waals surface area contributed by atoms with Gasteiger partial charge in [0.05, 0.1) is 6.04 Å². The van der Waals surface area contributed by atoms with Gasteiger partial charge in [0.2, 0.25) is 0 Å². The zero-order valence-electron chi connectivity index (χ0n) is 18.9. The zero-order chi connectivity index (χ0) is 22.4. The third-order valence-corrected chi connectivity index (χ3v) is 7.22. The number of hydrogen-bond donors (Lipinski definition) is 1. The van der Waals surface area contributed by atoms with Crippen LogP contribution in [-0.2, 0) is 6.42 Å². The van der Waals surface area contributed by atoms with E-state index in [-0.39, 0.29) is 11.6 Å². The smallest absolute Gasteiger partial charge is 0.254 e. The van der Waals surface area contributed by atoms with E-state index in [4.69, 9.17) is 0 Å². The number of para-hydroxylation sites is 1. The Morgan fingerprint density at radius 1 is 1.06 bits per heavy atom. The number of aromatic amines is 1. The molecule has 1 atom stereocenters. The fourth-order valence-corrected chi connectivity index (χ4v) is 5.60. The maximum atomic E-state index is 13.5. The summed E-state index contributed by atoms with van der Waals surface area (Å²) in [6.45, 7) is 2.89. The highest BCUT2D eigenvalue weighted by Gasteiger charge is 2.35. The molecule has 3 heterocycles. The van der Waals surface area contributed by atoms with Crippen molar-refractivity contribution in [3.05, 3.63) is 81.4 Å². The number of tetrazole rings is 1. The number of pyridine rings is 1. The van der Waals surface area contributed by atoms with E-state index in [1.165, 1.54) is 18.4 Å². The van der Waals surface area contributed by atoms with Gasteiger partial charge in [-0.1, -0.05) is 43.2 Å². The third kappa shape index (κ3) is 3.52. The molecule has 0 unspecified atom stereocenters. The molecule has 1 saturated carbocycles. The number of fused-ring (bicyclic) bond motifs is 2. The molecule has 7 nitrogen and oxygen atoms in total. The van der Waals surface area contributed by atoms with Crippen LogP contribution in [0.25, 0.3) is 10.9 Å². The molecule has 7 heteroatoms. The lowest BCUT2D eigenvalue weighted by molar-refractivity contribution is 0.425. The van der Waals surface area contributed by atoms with Crippen LogP contribution < -0.4 is 10.5 Å². The van der Waals surface area contributed by atoms with Crippen molar-refractivity contribution in [2.24, 2.45) is 0 Å². The summed E-state index contributed by atoms with van der Waals surface area (Å²) in [5.74, 6) is 0.760. The van der Waals surface area contributed by atoms with E-state index < -0.39 is 0 Å². The number of anilines is 1. The maximum absolute atomic E-state index is 13.5. The molecule has 0 amide bonds. The molecular weight excluding hydrogens is 412 g/mol. The monoisotopic (exact) mass is 440 g/mol. The van der Waals surface area contributed by atoms with Crippen LogP contribution >= 0.6 is 0 Å². The number of nitrogens with zero attached hydrogens (tertiary/aromatic N) is 5. The first kappa shape index (κ1) is 20.1. The van der Waals surface area contributed by atoms with Crippen molar-refractivity contribution in [3.63, 3.8) is 0 Å². The Hall–Kier alpha value is -3.48. The van der Waals surface area contributed by atoms with Crippen molar-refractivity contribution < 1.29 is 0 Å². The predicted molar refractivity (Wildman–Crippen MR) is 129 cm³/mol. The van der Waals surface area contributed by atoms with E-state index in [2.05, 4.69) is 61.8 Å². The van der Waals surface area contributed by atoms with E-state index in [0.717, 1.165) is 60.2 Å². The first-order valence-corrected chi connectivity index (χ1v) is 11.9. The number of benzene rings is 2. The van der Waals surface area contributed by atoms with Gasteiger partial charge in [-0.05, 0) is 77.7 Å². The van der Waals surface area contributed by atoms with Gasteiger partial charge in [-0.15, -0.1) is 5.10 Å². The first-order chi connectivity index (χ1) is 16.2. The minimum atomic E-state index is -0.350. The van der Waals surface area contributed by atoms with E-state index >= 15 is 0 Å². The fourth-order valence-electron chi connectivity index (χ4n) is 5.60. The minimum Gasteiger partial charge on any atom is -0.357 e. The Morgan fingerprint density at radius 2 is 1.91 bits per heavy atom. The molecule has 2 aromatic carbocycles. The zero-order valence-corrected chi connectivity index (χ0v) is 18.9. The molecule has 4 aromatic rings. The van der Waals surface area contributed by atoms with E-state index in [1.807, 2.05) is 23.7 Å². The standard InChI is InChI=1S/C26H28N6O/c1-17-12-13-19-16-21(26(33)27-22(19)15-17)24(25-28-29-30-32(25)20-9-3-4-10-20)31-14-6-8-18-7-2-5-11-23(18)31/h2,5,7,11-13,15-16,20,24H,3-4,6,8-10,14H2,1H3,(H,27,33)/t24-/m1/s1. The van der Waals surface area contributed by atoms with Crippen molar-refractivity contribution in [1.29, 1.82) is 0 Å². The number of aromatic nitrogens is 5. The van der Waals surface area contributed by atoms with Gasteiger partial charge in [0.15, 0.2) is 5.82 Å². The van der Waals surface area contributed by atoms with Gasteiger partial charge in [0.1, 0.15) is 6.04 Å². The second-order valence-electron chi connectivity index (χ2n) is 9.39. The highest BCUT2D eigenvalue weighted by atomic mass is 16.1. The van der Waals surface area contributed by atoms with Gasteiger partial charge in [-0.3, -0.25) is 4.79 Å². The lowest BCUT2D eigenvalue weighted by Gasteiger charge is -2.37. The quantitative estimate of drug-likeness (QED) is 0.506. The number of H-pyrrole nitrogens is 1. The van der Waals surface area contributed by atoms with Crippen LogP contribution in [0.4, 0.5) is 5.69 Å². The minimum absolute atomic E-state index is 0.0814. The van der Waals surface area contributed by atoms with Crippen molar-refractivity contribution in [1.82, 2.24) is 25.2 Å². The molecule has 0 bridgehead atoms. The second kappa shape index (κ2) is 8.14. The Kier molecular flexibility index (Phi) is 4.97. The fraction of sp³-hybridized carbons (Fsp3) is 0.385. The molecule has 168 valence electrons. The van der Waals surface area contributed by atoms with Crippen LogP contribution in [0, 0.1) is 6.92 Å². The number of hydrogen-bond acceptors (Lipinski definition) is 5. The summed E-state index contributed by atoms with van der Waals surface area (Å²) >= 11 is 0. The summed E-state index contributed by atoms with van der Waals surface area (Å²) in [5, 5.41) is 14.1. The molecular formula is C26H28N6O. The Morgan fingerprint density at radius 3 is 2.79 bits per heavy atom. The van der Waals surface area contributed by atoms with Gasteiger partial charge in [-0.25, -0.2) is 4.68 Å². The van der Waals surface area contributed by atoms with E-state index in [1.54, 1.807) is 0 Å². The molecule has 0 spiro atoms. The Bertz CT molecular complexity index is 1370. The number of nitrogens with one attached hydrogen (secondary N) is 1. The Labute approximate surface area is 192 Å². The predicted octanol–water partition coefficient (Wildman–Crippen LogP) is 4.48. The van der Waals surface area contributed by atoms with E-state index in [9.17, 15) is 4.79 Å². The third-order valence-electron chi connectivity index (χ3n) is 7.22. The normalized spacial score (nSPS) is 17.4. The average Bonchev–Trinajstić information content (AvgIpc) is 3.52. The molecule has 1 aliphatic carbocycles. The van der Waals surface area contributed by atoms with Crippen LogP contribution in [-0.4, -0.2) is 31.7 Å². The molecule has 0 radical (unpaired) electrons. The SMILES string of the molecule is Cc1ccc2cc([C@H](c3nnnn3C3CCCC3)N3CCCc4ccccc43)c(=O)[nH]c2c1. The molecule has 0 saturated heterocycles. The van der Waals surface area contributed by atoms with Gasteiger partial charge in [0.25, 0.3) is 5.56 Å². The van der Waals surface area contributed by atoms with Gasteiger partial charge < -0.3 is 9.88 Å². The van der Waals surface area contributed by atoms with Crippen LogP contribution in [0.1, 0.15) is 66.7 Å². The average molecular weight is 441 g/mol. The van der Waals surface area contributed by atoms with Gasteiger partial charge in [-0.2, -0.15) is 0 Å². The lowest BCUT2D eigenvalue weighted by atomic mass is 9.96. The van der Waals surface area contributed by atoms with Crippen molar-refractivity contribution in [2.75, 3.05) is 11.4 Å².